The topological polar surface area (TPSA) is 70.7 Å². The number of methoxy groups -OCH3 is 1. The van der Waals surface area contributed by atoms with Crippen LogP contribution in [0, 0.1) is 0 Å². The molecule has 6 nitrogen and oxygen atoms in total. The summed E-state index contributed by atoms with van der Waals surface area (Å²) in [5, 5.41) is 5.90. The van der Waals surface area contributed by atoms with Gasteiger partial charge in [-0.3, -0.25) is 9.59 Å². The molecule has 2 rings (SSSR count). The summed E-state index contributed by atoms with van der Waals surface area (Å²) in [7, 11) is 1.61. The highest BCUT2D eigenvalue weighted by Gasteiger charge is 2.15. The van der Waals surface area contributed by atoms with Crippen molar-refractivity contribution in [2.75, 3.05) is 37.4 Å². The van der Waals surface area contributed by atoms with Crippen LogP contribution < -0.4 is 15.4 Å². The molecule has 28 heavy (non-hydrogen) atoms. The van der Waals surface area contributed by atoms with Gasteiger partial charge in [0.05, 0.1) is 13.7 Å². The molecular formula is C22H29N3O3. The summed E-state index contributed by atoms with van der Waals surface area (Å²) >= 11 is 0. The molecule has 0 bridgehead atoms. The number of nitrogens with zero attached hydrogens (tertiary/aromatic N) is 1. The van der Waals surface area contributed by atoms with Crippen LogP contribution in [-0.2, 0) is 4.79 Å². The third-order valence-electron chi connectivity index (χ3n) is 4.21. The maximum atomic E-state index is 12.7. The SMILES string of the molecule is CCCN(CCC)C(=O)c1cccc(NC(=O)CNc2ccc(OC)cc2)c1. The van der Waals surface area contributed by atoms with Gasteiger partial charge in [-0.2, -0.15) is 0 Å². The van der Waals surface area contributed by atoms with Crippen LogP contribution in [0.25, 0.3) is 0 Å². The monoisotopic (exact) mass is 383 g/mol. The van der Waals surface area contributed by atoms with Crippen molar-refractivity contribution in [1.29, 1.82) is 0 Å². The Hall–Kier alpha value is -3.02. The van der Waals surface area contributed by atoms with E-state index in [1.165, 1.54) is 0 Å². The first-order valence-corrected chi connectivity index (χ1v) is 9.64. The molecule has 0 atom stereocenters. The zero-order valence-electron chi connectivity index (χ0n) is 16.8. The summed E-state index contributed by atoms with van der Waals surface area (Å²) in [5.74, 6) is 0.576. The van der Waals surface area contributed by atoms with E-state index >= 15 is 0 Å². The normalized spacial score (nSPS) is 10.2. The lowest BCUT2D eigenvalue weighted by molar-refractivity contribution is -0.114. The van der Waals surface area contributed by atoms with Crippen molar-refractivity contribution in [2.45, 2.75) is 26.7 Å². The van der Waals surface area contributed by atoms with E-state index in [0.717, 1.165) is 37.4 Å². The number of ether oxygens (including phenoxy) is 1. The number of rotatable bonds is 10. The standard InChI is InChI=1S/C22H29N3O3/c1-4-13-25(14-5-2)22(27)17-7-6-8-19(15-17)24-21(26)16-23-18-9-11-20(28-3)12-10-18/h6-12,15,23H,4-5,13-14,16H2,1-3H3,(H,24,26). The fourth-order valence-electron chi connectivity index (χ4n) is 2.86. The van der Waals surface area contributed by atoms with Crippen molar-refractivity contribution in [3.05, 3.63) is 54.1 Å². The molecule has 2 aromatic carbocycles. The smallest absolute Gasteiger partial charge is 0.253 e. The number of anilines is 2. The molecule has 2 amide bonds. The molecule has 2 aromatic rings. The Labute approximate surface area is 166 Å². The Kier molecular flexibility index (Phi) is 8.34. The highest BCUT2D eigenvalue weighted by Crippen LogP contribution is 2.16. The van der Waals surface area contributed by atoms with Crippen LogP contribution in [0.15, 0.2) is 48.5 Å². The Morgan fingerprint density at radius 2 is 1.64 bits per heavy atom. The molecule has 0 saturated heterocycles. The number of hydrogen-bond donors (Lipinski definition) is 2. The lowest BCUT2D eigenvalue weighted by Crippen LogP contribution is -2.32. The van der Waals surface area contributed by atoms with E-state index < -0.39 is 0 Å². The van der Waals surface area contributed by atoms with Gasteiger partial charge in [0.1, 0.15) is 5.75 Å². The van der Waals surface area contributed by atoms with E-state index in [2.05, 4.69) is 24.5 Å². The van der Waals surface area contributed by atoms with Crippen LogP contribution >= 0.6 is 0 Å². The number of amides is 2. The average Bonchev–Trinajstić information content (AvgIpc) is 2.72. The lowest BCUT2D eigenvalue weighted by atomic mass is 10.1. The molecule has 0 radical (unpaired) electrons. The van der Waals surface area contributed by atoms with E-state index in [-0.39, 0.29) is 18.4 Å². The van der Waals surface area contributed by atoms with Crippen molar-refractivity contribution in [3.63, 3.8) is 0 Å². The molecular weight excluding hydrogens is 354 g/mol. The van der Waals surface area contributed by atoms with Gasteiger partial charge in [0.2, 0.25) is 5.91 Å². The minimum absolute atomic E-state index is 0.00356. The molecule has 6 heteroatoms. The fraction of sp³-hybridized carbons (Fsp3) is 0.364. The largest absolute Gasteiger partial charge is 0.497 e. The van der Waals surface area contributed by atoms with Gasteiger partial charge in [0.25, 0.3) is 5.91 Å². The third-order valence-corrected chi connectivity index (χ3v) is 4.21. The number of carbonyl (C=O) groups excluding carboxylic acids is 2. The second-order valence-corrected chi connectivity index (χ2v) is 6.50. The van der Waals surface area contributed by atoms with Crippen LogP contribution in [0.5, 0.6) is 5.75 Å². The van der Waals surface area contributed by atoms with Gasteiger partial charge in [0.15, 0.2) is 0 Å². The first-order valence-electron chi connectivity index (χ1n) is 9.64. The number of carbonyl (C=O) groups is 2. The quantitative estimate of drug-likeness (QED) is 0.650. The van der Waals surface area contributed by atoms with Crippen molar-refractivity contribution < 1.29 is 14.3 Å². The molecule has 0 heterocycles. The fourth-order valence-corrected chi connectivity index (χ4v) is 2.86. The van der Waals surface area contributed by atoms with Crippen molar-refractivity contribution in [1.82, 2.24) is 4.90 Å². The summed E-state index contributed by atoms with van der Waals surface area (Å²) in [5.41, 5.74) is 2.03. The van der Waals surface area contributed by atoms with E-state index in [1.807, 2.05) is 29.2 Å². The maximum Gasteiger partial charge on any atom is 0.253 e. The van der Waals surface area contributed by atoms with Crippen LogP contribution in [0.1, 0.15) is 37.0 Å². The molecule has 2 N–H and O–H groups in total. The van der Waals surface area contributed by atoms with Crippen LogP contribution in [0.4, 0.5) is 11.4 Å². The van der Waals surface area contributed by atoms with Gasteiger partial charge < -0.3 is 20.3 Å². The summed E-state index contributed by atoms with van der Waals surface area (Å²) in [6, 6.07) is 14.4. The zero-order chi connectivity index (χ0) is 20.4. The molecule has 0 aliphatic rings. The van der Waals surface area contributed by atoms with E-state index in [9.17, 15) is 9.59 Å². The third kappa shape index (κ3) is 6.30. The predicted molar refractivity (Wildman–Crippen MR) is 113 cm³/mol. The molecule has 150 valence electrons. The Morgan fingerprint density at radius 3 is 2.25 bits per heavy atom. The highest BCUT2D eigenvalue weighted by atomic mass is 16.5. The zero-order valence-corrected chi connectivity index (χ0v) is 16.8. The number of hydrogen-bond acceptors (Lipinski definition) is 4. The van der Waals surface area contributed by atoms with E-state index in [0.29, 0.717) is 11.3 Å². The van der Waals surface area contributed by atoms with Gasteiger partial charge in [-0.25, -0.2) is 0 Å². The second-order valence-electron chi connectivity index (χ2n) is 6.50. The molecule has 0 fully saturated rings. The lowest BCUT2D eigenvalue weighted by Gasteiger charge is -2.21. The van der Waals surface area contributed by atoms with Gasteiger partial charge in [-0.1, -0.05) is 19.9 Å². The van der Waals surface area contributed by atoms with Gasteiger partial charge >= 0.3 is 0 Å². The summed E-state index contributed by atoms with van der Waals surface area (Å²) in [6.45, 7) is 5.71. The summed E-state index contributed by atoms with van der Waals surface area (Å²) in [4.78, 5) is 26.8. The minimum Gasteiger partial charge on any atom is -0.497 e. The van der Waals surface area contributed by atoms with Crippen LogP contribution in [-0.4, -0.2) is 43.5 Å². The summed E-state index contributed by atoms with van der Waals surface area (Å²) in [6.07, 6.45) is 1.83. The predicted octanol–water partition coefficient (Wildman–Crippen LogP) is 4.01. The van der Waals surface area contributed by atoms with Gasteiger partial charge in [-0.15, -0.1) is 0 Å². The first kappa shape index (κ1) is 21.3. The molecule has 0 saturated carbocycles. The molecule has 0 aliphatic carbocycles. The maximum absolute atomic E-state index is 12.7. The number of benzene rings is 2. The Bertz CT molecular complexity index is 769. The second kappa shape index (κ2) is 11.0. The van der Waals surface area contributed by atoms with Gasteiger partial charge in [-0.05, 0) is 55.3 Å². The van der Waals surface area contributed by atoms with E-state index in [1.54, 1.807) is 31.4 Å². The van der Waals surface area contributed by atoms with Crippen molar-refractivity contribution >= 4 is 23.2 Å². The van der Waals surface area contributed by atoms with Crippen molar-refractivity contribution in [3.8, 4) is 5.75 Å². The van der Waals surface area contributed by atoms with E-state index in [4.69, 9.17) is 4.74 Å². The summed E-state index contributed by atoms with van der Waals surface area (Å²) < 4.78 is 5.11. The van der Waals surface area contributed by atoms with Crippen LogP contribution in [0.3, 0.4) is 0 Å². The van der Waals surface area contributed by atoms with Crippen LogP contribution in [0.2, 0.25) is 0 Å². The minimum atomic E-state index is -0.181. The Balaban J connectivity index is 1.95. The molecule has 0 unspecified atom stereocenters. The average molecular weight is 383 g/mol. The first-order chi connectivity index (χ1) is 13.6. The molecule has 0 aliphatic heterocycles. The van der Waals surface area contributed by atoms with Gasteiger partial charge in [0, 0.05) is 30.0 Å². The Morgan fingerprint density at radius 1 is 0.964 bits per heavy atom. The molecule has 0 spiro atoms. The van der Waals surface area contributed by atoms with Crippen molar-refractivity contribution in [2.24, 2.45) is 0 Å². The highest BCUT2D eigenvalue weighted by molar-refractivity contribution is 5.98. The number of nitrogens with one attached hydrogen (secondary N) is 2. The molecule has 0 aromatic heterocycles.